The second-order valence-corrected chi connectivity index (χ2v) is 11.5. The summed E-state index contributed by atoms with van der Waals surface area (Å²) in [5.41, 5.74) is 1.07. The molecular weight excluding hydrogens is 470 g/mol. The average molecular weight is 510 g/mol. The number of anilines is 1. The van der Waals surface area contributed by atoms with Crippen LogP contribution in [0.4, 0.5) is 5.82 Å². The van der Waals surface area contributed by atoms with Crippen LogP contribution >= 0.6 is 0 Å². The monoisotopic (exact) mass is 509 g/mol. The number of β-amino-alcohol motifs (C(OH)–C–C–N with tert-alkyl or cyclic N) is 1. The summed E-state index contributed by atoms with van der Waals surface area (Å²) in [5.74, 6) is 2.76. The molecule has 37 heavy (non-hydrogen) atoms. The van der Waals surface area contributed by atoms with E-state index in [4.69, 9.17) is 19.2 Å². The predicted molar refractivity (Wildman–Crippen MR) is 139 cm³/mol. The van der Waals surface area contributed by atoms with Crippen LogP contribution in [0.2, 0.25) is 0 Å². The Morgan fingerprint density at radius 1 is 1.11 bits per heavy atom. The number of hydrogen-bond donors (Lipinski definition) is 1. The highest BCUT2D eigenvalue weighted by Crippen LogP contribution is 2.47. The molecule has 1 N–H and O–H groups in total. The first kappa shape index (κ1) is 24.8. The Balaban J connectivity index is 1.38. The third-order valence-electron chi connectivity index (χ3n) is 9.09. The number of ketones is 1. The first-order valence-electron chi connectivity index (χ1n) is 14.2. The van der Waals surface area contributed by atoms with Gasteiger partial charge in [-0.2, -0.15) is 4.98 Å². The fourth-order valence-electron chi connectivity index (χ4n) is 7.07. The van der Waals surface area contributed by atoms with Gasteiger partial charge in [0.1, 0.15) is 17.7 Å². The van der Waals surface area contributed by atoms with Crippen molar-refractivity contribution in [1.82, 2.24) is 20.0 Å². The first-order valence-corrected chi connectivity index (χ1v) is 14.2. The van der Waals surface area contributed by atoms with Gasteiger partial charge in [-0.05, 0) is 78.3 Å². The number of fused-ring (bicyclic) bond motifs is 2. The summed E-state index contributed by atoms with van der Waals surface area (Å²) in [6, 6.07) is 2.24. The van der Waals surface area contributed by atoms with Gasteiger partial charge in [-0.15, -0.1) is 0 Å². The van der Waals surface area contributed by atoms with Gasteiger partial charge in [0.25, 0.3) is 0 Å². The second-order valence-electron chi connectivity index (χ2n) is 11.5. The van der Waals surface area contributed by atoms with Gasteiger partial charge in [-0.1, -0.05) is 11.6 Å². The maximum absolute atomic E-state index is 13.1. The summed E-state index contributed by atoms with van der Waals surface area (Å²) in [7, 11) is 2.15. The van der Waals surface area contributed by atoms with E-state index in [1.807, 2.05) is 6.07 Å². The SMILES string of the molecule is C[C@H](Oc1cc(N2CCC[C@H](O)C2)nc(-c2noc3c2CCC[C@@]32CCCCC2=O)n1)[C@@H]1CCCN1C. The summed E-state index contributed by atoms with van der Waals surface area (Å²) in [6.07, 6.45) is 9.60. The van der Waals surface area contributed by atoms with Gasteiger partial charge in [0.15, 0.2) is 17.3 Å². The molecule has 2 aliphatic heterocycles. The Morgan fingerprint density at radius 2 is 1.95 bits per heavy atom. The Morgan fingerprint density at radius 3 is 2.73 bits per heavy atom. The van der Waals surface area contributed by atoms with Crippen LogP contribution in [0, 0.1) is 0 Å². The van der Waals surface area contributed by atoms with Crippen molar-refractivity contribution in [1.29, 1.82) is 0 Å². The molecule has 0 amide bonds. The fraction of sp³-hybridized carbons (Fsp3) is 0.714. The van der Waals surface area contributed by atoms with Crippen molar-refractivity contribution >= 4 is 11.6 Å². The number of hydrogen-bond acceptors (Lipinski definition) is 9. The van der Waals surface area contributed by atoms with Gasteiger partial charge in [0.05, 0.1) is 11.5 Å². The zero-order chi connectivity index (χ0) is 25.6. The normalized spacial score (nSPS) is 29.5. The molecule has 4 aliphatic rings. The van der Waals surface area contributed by atoms with Gasteiger partial charge in [-0.25, -0.2) is 4.98 Å². The standard InChI is InChI=1S/C28H39N5O4/c1-18(21-10-7-14-32(21)2)36-24-16-23(33-15-6-8-19(34)17-33)29-27(30-24)25-20-9-5-13-28(26(20)37-31-25)12-4-3-11-22(28)35/h16,18-19,21,34H,3-15,17H2,1-2H3/t18-,19-,21-,28+/m0/s1. The Hall–Kier alpha value is -2.52. The van der Waals surface area contributed by atoms with Crippen molar-refractivity contribution in [3.05, 3.63) is 17.4 Å². The maximum Gasteiger partial charge on any atom is 0.219 e. The zero-order valence-corrected chi connectivity index (χ0v) is 22.1. The predicted octanol–water partition coefficient (Wildman–Crippen LogP) is 3.67. The number of likely N-dealkylation sites (N-methyl/N-ethyl adjacent to an activating group) is 1. The Kier molecular flexibility index (Phi) is 6.69. The molecule has 200 valence electrons. The van der Waals surface area contributed by atoms with Gasteiger partial charge in [0, 0.05) is 37.2 Å². The quantitative estimate of drug-likeness (QED) is 0.646. The molecule has 4 heterocycles. The highest BCUT2D eigenvalue weighted by Gasteiger charge is 2.48. The molecule has 0 bridgehead atoms. The van der Waals surface area contributed by atoms with Crippen LogP contribution in [0.15, 0.2) is 10.6 Å². The lowest BCUT2D eigenvalue weighted by atomic mass is 9.64. The van der Waals surface area contributed by atoms with Crippen molar-refractivity contribution in [2.75, 3.05) is 31.6 Å². The molecule has 2 aromatic heterocycles. The first-order chi connectivity index (χ1) is 17.9. The number of aromatic nitrogens is 3. The summed E-state index contributed by atoms with van der Waals surface area (Å²) < 4.78 is 12.4. The summed E-state index contributed by atoms with van der Waals surface area (Å²) in [5, 5.41) is 14.8. The van der Waals surface area contributed by atoms with Crippen molar-refractivity contribution in [3.8, 4) is 17.4 Å². The number of rotatable bonds is 5. The minimum atomic E-state index is -0.535. The summed E-state index contributed by atoms with van der Waals surface area (Å²) in [6.45, 7) is 4.54. The van der Waals surface area contributed by atoms with E-state index in [9.17, 15) is 9.90 Å². The number of aliphatic hydroxyl groups excluding tert-OH is 1. The van der Waals surface area contributed by atoms with E-state index in [-0.39, 0.29) is 18.0 Å². The molecule has 9 nitrogen and oxygen atoms in total. The van der Waals surface area contributed by atoms with E-state index in [2.05, 4.69) is 28.9 Å². The minimum absolute atomic E-state index is 0.0237. The highest BCUT2D eigenvalue weighted by molar-refractivity contribution is 5.91. The molecule has 9 heteroatoms. The van der Waals surface area contributed by atoms with Crippen LogP contribution < -0.4 is 9.64 Å². The Labute approximate surface area is 218 Å². The van der Waals surface area contributed by atoms with Crippen LogP contribution in [0.5, 0.6) is 5.88 Å². The number of aliphatic hydroxyl groups is 1. The molecular formula is C28H39N5O4. The van der Waals surface area contributed by atoms with Crippen LogP contribution in [-0.4, -0.2) is 75.8 Å². The maximum atomic E-state index is 13.1. The number of ether oxygens (including phenoxy) is 1. The molecule has 0 radical (unpaired) electrons. The van der Waals surface area contributed by atoms with Crippen LogP contribution in [0.1, 0.15) is 82.5 Å². The van der Waals surface area contributed by atoms with E-state index in [1.54, 1.807) is 0 Å². The number of nitrogens with zero attached hydrogens (tertiary/aromatic N) is 5. The zero-order valence-electron chi connectivity index (χ0n) is 22.1. The van der Waals surface area contributed by atoms with Crippen LogP contribution in [0.3, 0.4) is 0 Å². The highest BCUT2D eigenvalue weighted by atomic mass is 16.5. The van der Waals surface area contributed by atoms with E-state index < -0.39 is 5.41 Å². The molecule has 1 saturated carbocycles. The molecule has 3 fully saturated rings. The number of piperidine rings is 1. The summed E-state index contributed by atoms with van der Waals surface area (Å²) in [4.78, 5) is 27.3. The molecule has 6 rings (SSSR count). The van der Waals surface area contributed by atoms with Gasteiger partial charge in [-0.3, -0.25) is 9.69 Å². The lowest BCUT2D eigenvalue weighted by molar-refractivity contribution is -0.128. The third kappa shape index (κ3) is 4.54. The lowest BCUT2D eigenvalue weighted by Gasteiger charge is -2.36. The second kappa shape index (κ2) is 9.98. The van der Waals surface area contributed by atoms with E-state index in [1.165, 1.54) is 6.42 Å². The topological polar surface area (TPSA) is 105 Å². The van der Waals surface area contributed by atoms with Gasteiger partial charge in [0.2, 0.25) is 5.88 Å². The molecule has 0 aromatic carbocycles. The molecule has 2 aliphatic carbocycles. The van der Waals surface area contributed by atoms with Crippen molar-refractivity contribution in [2.24, 2.45) is 0 Å². The molecule has 2 aromatic rings. The smallest absolute Gasteiger partial charge is 0.219 e. The lowest BCUT2D eigenvalue weighted by Crippen LogP contribution is -2.41. The van der Waals surface area contributed by atoms with E-state index in [0.29, 0.717) is 36.4 Å². The average Bonchev–Trinajstić information content (AvgIpc) is 3.53. The van der Waals surface area contributed by atoms with E-state index in [0.717, 1.165) is 88.0 Å². The molecule has 4 atom stereocenters. The van der Waals surface area contributed by atoms with Crippen molar-refractivity contribution in [3.63, 3.8) is 0 Å². The minimum Gasteiger partial charge on any atom is -0.473 e. The largest absolute Gasteiger partial charge is 0.473 e. The van der Waals surface area contributed by atoms with E-state index >= 15 is 0 Å². The molecule has 2 saturated heterocycles. The number of carbonyl (C=O) groups excluding carboxylic acids is 1. The summed E-state index contributed by atoms with van der Waals surface area (Å²) >= 11 is 0. The van der Waals surface area contributed by atoms with Gasteiger partial charge < -0.3 is 19.3 Å². The third-order valence-corrected chi connectivity index (χ3v) is 9.09. The van der Waals surface area contributed by atoms with Crippen molar-refractivity contribution in [2.45, 2.75) is 101 Å². The fourth-order valence-corrected chi connectivity index (χ4v) is 7.07. The number of Topliss-reactive ketones (excluding diaryl/α,β-unsaturated/α-hetero) is 1. The van der Waals surface area contributed by atoms with Crippen LogP contribution in [0.25, 0.3) is 11.5 Å². The van der Waals surface area contributed by atoms with Crippen LogP contribution in [-0.2, 0) is 16.6 Å². The molecule has 1 spiro atoms. The molecule has 0 unspecified atom stereocenters. The van der Waals surface area contributed by atoms with Crippen molar-refractivity contribution < 1.29 is 19.2 Å². The Bertz CT molecular complexity index is 1150. The number of likely N-dealkylation sites (tertiary alicyclic amines) is 1. The number of carbonyl (C=O) groups is 1. The van der Waals surface area contributed by atoms with Gasteiger partial charge >= 0.3 is 0 Å².